The van der Waals surface area contributed by atoms with Gasteiger partial charge < -0.3 is 10.6 Å². The third-order valence-corrected chi connectivity index (χ3v) is 5.01. The Bertz CT molecular complexity index is 765. The van der Waals surface area contributed by atoms with Crippen molar-refractivity contribution < 1.29 is 0 Å². The fraction of sp³-hybridized carbons (Fsp3) is 0.150. The van der Waals surface area contributed by atoms with Crippen molar-refractivity contribution >= 4 is 28.7 Å². The lowest BCUT2D eigenvalue weighted by molar-refractivity contribution is 0.699. The van der Waals surface area contributed by atoms with Crippen molar-refractivity contribution in [3.8, 4) is 11.1 Å². The van der Waals surface area contributed by atoms with Crippen molar-refractivity contribution in [2.24, 2.45) is 0 Å². The Morgan fingerprint density at radius 2 is 1.67 bits per heavy atom. The topological polar surface area (TPSA) is 24.1 Å². The second-order valence-corrected chi connectivity index (χ2v) is 7.06. The summed E-state index contributed by atoms with van der Waals surface area (Å²) in [5, 5.41) is 9.35. The number of thiocarbonyl (C=S) groups is 1. The minimum absolute atomic E-state index is 0.165. The zero-order chi connectivity index (χ0) is 16.8. The second kappa shape index (κ2) is 8.08. The van der Waals surface area contributed by atoms with E-state index in [1.54, 1.807) is 11.3 Å². The fourth-order valence-electron chi connectivity index (χ4n) is 2.51. The van der Waals surface area contributed by atoms with Crippen molar-refractivity contribution in [1.82, 2.24) is 10.6 Å². The standard InChI is InChI=1S/C20H20N2S2/c1-15(22-20(23)21-14-19-8-5-13-24-19)16-9-11-18(12-10-16)17-6-3-2-4-7-17/h2-13,15H,14H2,1H3,(H2,21,22,23)/t15-/m0/s1. The molecule has 0 aliphatic carbocycles. The van der Waals surface area contributed by atoms with Gasteiger partial charge in [-0.3, -0.25) is 0 Å². The number of hydrogen-bond donors (Lipinski definition) is 2. The van der Waals surface area contributed by atoms with Crippen LogP contribution >= 0.6 is 23.6 Å². The molecule has 0 unspecified atom stereocenters. The largest absolute Gasteiger partial charge is 0.358 e. The summed E-state index contributed by atoms with van der Waals surface area (Å²) in [5.41, 5.74) is 3.68. The van der Waals surface area contributed by atoms with E-state index in [4.69, 9.17) is 12.2 Å². The van der Waals surface area contributed by atoms with Crippen LogP contribution in [0.4, 0.5) is 0 Å². The molecule has 0 saturated carbocycles. The molecule has 3 rings (SSSR count). The Balaban J connectivity index is 1.56. The molecule has 0 aliphatic rings. The van der Waals surface area contributed by atoms with Gasteiger partial charge >= 0.3 is 0 Å². The van der Waals surface area contributed by atoms with Crippen LogP contribution in [0.25, 0.3) is 11.1 Å². The smallest absolute Gasteiger partial charge is 0.167 e. The summed E-state index contributed by atoms with van der Waals surface area (Å²) in [5.74, 6) is 0. The van der Waals surface area contributed by atoms with E-state index in [1.165, 1.54) is 21.6 Å². The Kier molecular flexibility index (Phi) is 5.62. The molecule has 2 nitrogen and oxygen atoms in total. The fourth-order valence-corrected chi connectivity index (χ4v) is 3.40. The summed E-state index contributed by atoms with van der Waals surface area (Å²) in [6.45, 7) is 2.89. The van der Waals surface area contributed by atoms with Gasteiger partial charge in [-0.1, -0.05) is 60.7 Å². The molecule has 1 aromatic heterocycles. The van der Waals surface area contributed by atoms with Gasteiger partial charge in [-0.05, 0) is 47.3 Å². The Hall–Kier alpha value is -2.17. The normalized spacial score (nSPS) is 11.7. The highest BCUT2D eigenvalue weighted by Crippen LogP contribution is 2.21. The average Bonchev–Trinajstić information content (AvgIpc) is 3.14. The summed E-state index contributed by atoms with van der Waals surface area (Å²) in [4.78, 5) is 1.28. The maximum absolute atomic E-state index is 5.39. The number of benzene rings is 2. The molecule has 1 atom stereocenters. The minimum Gasteiger partial charge on any atom is -0.358 e. The third-order valence-electron chi connectivity index (χ3n) is 3.87. The van der Waals surface area contributed by atoms with Crippen LogP contribution in [0.1, 0.15) is 23.4 Å². The maximum Gasteiger partial charge on any atom is 0.167 e. The van der Waals surface area contributed by atoms with Crippen LogP contribution < -0.4 is 10.6 Å². The van der Waals surface area contributed by atoms with Gasteiger partial charge in [-0.2, -0.15) is 0 Å². The van der Waals surface area contributed by atoms with Gasteiger partial charge in [-0.15, -0.1) is 11.3 Å². The first-order valence-corrected chi connectivity index (χ1v) is 9.23. The van der Waals surface area contributed by atoms with E-state index in [0.717, 1.165) is 6.54 Å². The molecule has 0 aliphatic heterocycles. The Morgan fingerprint density at radius 3 is 2.33 bits per heavy atom. The van der Waals surface area contributed by atoms with E-state index >= 15 is 0 Å². The maximum atomic E-state index is 5.39. The monoisotopic (exact) mass is 352 g/mol. The first kappa shape index (κ1) is 16.7. The molecule has 4 heteroatoms. The van der Waals surface area contributed by atoms with Crippen molar-refractivity contribution in [1.29, 1.82) is 0 Å². The average molecular weight is 353 g/mol. The quantitative estimate of drug-likeness (QED) is 0.622. The molecule has 1 heterocycles. The predicted octanol–water partition coefficient (Wildman–Crippen LogP) is 5.14. The van der Waals surface area contributed by atoms with Crippen LogP contribution in [-0.4, -0.2) is 5.11 Å². The number of hydrogen-bond acceptors (Lipinski definition) is 2. The molecular weight excluding hydrogens is 332 g/mol. The minimum atomic E-state index is 0.165. The van der Waals surface area contributed by atoms with Crippen molar-refractivity contribution in [2.75, 3.05) is 0 Å². The van der Waals surface area contributed by atoms with E-state index < -0.39 is 0 Å². The molecule has 3 aromatic rings. The molecule has 0 bridgehead atoms. The van der Waals surface area contributed by atoms with Gasteiger partial charge in [0.1, 0.15) is 0 Å². The second-order valence-electron chi connectivity index (χ2n) is 5.62. The van der Waals surface area contributed by atoms with Crippen LogP contribution in [-0.2, 0) is 6.54 Å². The van der Waals surface area contributed by atoms with Crippen LogP contribution in [0.2, 0.25) is 0 Å². The first-order valence-electron chi connectivity index (χ1n) is 7.94. The van der Waals surface area contributed by atoms with Gasteiger partial charge in [0.05, 0.1) is 12.6 Å². The summed E-state index contributed by atoms with van der Waals surface area (Å²) < 4.78 is 0. The van der Waals surface area contributed by atoms with Crippen molar-refractivity contribution in [2.45, 2.75) is 19.5 Å². The lowest BCUT2D eigenvalue weighted by Crippen LogP contribution is -2.36. The van der Waals surface area contributed by atoms with Gasteiger partial charge in [0, 0.05) is 4.88 Å². The van der Waals surface area contributed by atoms with E-state index in [0.29, 0.717) is 5.11 Å². The molecule has 0 saturated heterocycles. The highest BCUT2D eigenvalue weighted by molar-refractivity contribution is 7.80. The molecular formula is C20H20N2S2. The highest BCUT2D eigenvalue weighted by atomic mass is 32.1. The molecule has 122 valence electrons. The first-order chi connectivity index (χ1) is 11.7. The summed E-state index contributed by atoms with van der Waals surface area (Å²) in [6, 6.07) is 23.4. The van der Waals surface area contributed by atoms with Crippen LogP contribution in [0.5, 0.6) is 0 Å². The van der Waals surface area contributed by atoms with Crippen LogP contribution in [0.15, 0.2) is 72.1 Å². The molecule has 2 aromatic carbocycles. The number of thiophene rings is 1. The molecule has 0 fully saturated rings. The molecule has 2 N–H and O–H groups in total. The summed E-state index contributed by atoms with van der Waals surface area (Å²) in [7, 11) is 0. The molecule has 24 heavy (non-hydrogen) atoms. The molecule has 0 radical (unpaired) electrons. The highest BCUT2D eigenvalue weighted by Gasteiger charge is 2.07. The van der Waals surface area contributed by atoms with Crippen molar-refractivity contribution in [3.05, 3.63) is 82.6 Å². The number of rotatable bonds is 5. The van der Waals surface area contributed by atoms with E-state index in [9.17, 15) is 0 Å². The zero-order valence-corrected chi connectivity index (χ0v) is 15.2. The van der Waals surface area contributed by atoms with E-state index in [2.05, 4.69) is 83.6 Å². The van der Waals surface area contributed by atoms with E-state index in [1.807, 2.05) is 6.07 Å². The summed E-state index contributed by atoms with van der Waals surface area (Å²) in [6.07, 6.45) is 0. The third kappa shape index (κ3) is 4.43. The number of nitrogens with one attached hydrogen (secondary N) is 2. The predicted molar refractivity (Wildman–Crippen MR) is 107 cm³/mol. The van der Waals surface area contributed by atoms with Gasteiger partial charge in [-0.25, -0.2) is 0 Å². The lowest BCUT2D eigenvalue weighted by Gasteiger charge is -2.17. The van der Waals surface area contributed by atoms with Gasteiger partial charge in [0.2, 0.25) is 0 Å². The van der Waals surface area contributed by atoms with Crippen LogP contribution in [0.3, 0.4) is 0 Å². The molecule has 0 spiro atoms. The Morgan fingerprint density at radius 1 is 0.958 bits per heavy atom. The zero-order valence-electron chi connectivity index (χ0n) is 13.5. The van der Waals surface area contributed by atoms with Crippen molar-refractivity contribution in [3.63, 3.8) is 0 Å². The molecule has 0 amide bonds. The lowest BCUT2D eigenvalue weighted by atomic mass is 10.0. The van der Waals surface area contributed by atoms with Gasteiger partial charge in [0.15, 0.2) is 5.11 Å². The summed E-state index contributed by atoms with van der Waals surface area (Å²) >= 11 is 7.12. The van der Waals surface area contributed by atoms with E-state index in [-0.39, 0.29) is 6.04 Å². The van der Waals surface area contributed by atoms with Crippen LogP contribution in [0, 0.1) is 0 Å². The Labute approximate surface area is 152 Å². The SMILES string of the molecule is C[C@H](NC(=S)NCc1cccs1)c1ccc(-c2ccccc2)cc1. The van der Waals surface area contributed by atoms with Gasteiger partial charge in [0.25, 0.3) is 0 Å².